The maximum atomic E-state index is 13.1. The number of hydrogen-bond acceptors (Lipinski definition) is 2. The van der Waals surface area contributed by atoms with Gasteiger partial charge in [0.15, 0.2) is 5.43 Å². The third kappa shape index (κ3) is 4.27. The van der Waals surface area contributed by atoms with Crippen molar-refractivity contribution >= 4 is 10.9 Å². The number of unbranched alkanes of at least 4 members (excludes halogenated alkanes) is 2. The lowest BCUT2D eigenvalue weighted by Gasteiger charge is -2.23. The summed E-state index contributed by atoms with van der Waals surface area (Å²) in [6, 6.07) is 6.06. The zero-order valence-corrected chi connectivity index (χ0v) is 15.7. The van der Waals surface area contributed by atoms with E-state index >= 15 is 0 Å². The molecule has 0 spiro atoms. The molecule has 3 nitrogen and oxygen atoms in total. The van der Waals surface area contributed by atoms with Gasteiger partial charge in [0.2, 0.25) is 0 Å². The molecule has 0 aliphatic heterocycles. The average Bonchev–Trinajstić information content (AvgIpc) is 2.59. The third-order valence-electron chi connectivity index (χ3n) is 4.85. The van der Waals surface area contributed by atoms with E-state index < -0.39 is 0 Å². The Hall–Kier alpha value is -1.61. The van der Waals surface area contributed by atoms with Crippen LogP contribution in [0.3, 0.4) is 0 Å². The lowest BCUT2D eigenvalue weighted by molar-refractivity contribution is 0.256. The Kier molecular flexibility index (Phi) is 7.04. The number of para-hydroxylation sites is 1. The Balaban J connectivity index is 2.38. The number of H-pyrrole nitrogens is 1. The van der Waals surface area contributed by atoms with Crippen LogP contribution in [0.4, 0.5) is 0 Å². The summed E-state index contributed by atoms with van der Waals surface area (Å²) in [7, 11) is 0. The van der Waals surface area contributed by atoms with Crippen LogP contribution in [0.2, 0.25) is 0 Å². The predicted octanol–water partition coefficient (Wildman–Crippen LogP) is 4.80. The minimum absolute atomic E-state index is 0.203. The monoisotopic (exact) mass is 328 g/mol. The summed E-state index contributed by atoms with van der Waals surface area (Å²) in [5.41, 5.74) is 4.39. The number of hydrogen-bond donors (Lipinski definition) is 1. The molecular formula is C21H32N2O. The second-order valence-corrected chi connectivity index (χ2v) is 6.73. The fourth-order valence-corrected chi connectivity index (χ4v) is 3.27. The molecule has 0 radical (unpaired) electrons. The number of pyridine rings is 1. The lowest BCUT2D eigenvalue weighted by atomic mass is 10.0. The molecule has 2 rings (SSSR count). The van der Waals surface area contributed by atoms with Crippen LogP contribution >= 0.6 is 0 Å². The fourth-order valence-electron chi connectivity index (χ4n) is 3.27. The van der Waals surface area contributed by atoms with Gasteiger partial charge in [0.05, 0.1) is 5.52 Å². The highest BCUT2D eigenvalue weighted by molar-refractivity contribution is 5.82. The quantitative estimate of drug-likeness (QED) is 0.717. The van der Waals surface area contributed by atoms with Gasteiger partial charge in [-0.25, -0.2) is 0 Å². The van der Waals surface area contributed by atoms with Gasteiger partial charge in [-0.15, -0.1) is 0 Å². The third-order valence-corrected chi connectivity index (χ3v) is 4.85. The molecule has 0 amide bonds. The lowest BCUT2D eigenvalue weighted by Crippen LogP contribution is -2.29. The van der Waals surface area contributed by atoms with E-state index in [9.17, 15) is 4.79 Å². The first kappa shape index (κ1) is 18.7. The maximum Gasteiger partial charge on any atom is 0.194 e. The molecule has 132 valence electrons. The van der Waals surface area contributed by atoms with E-state index in [1.807, 2.05) is 19.1 Å². The van der Waals surface area contributed by atoms with E-state index in [4.69, 9.17) is 0 Å². The maximum absolute atomic E-state index is 13.1. The molecule has 0 aliphatic rings. The van der Waals surface area contributed by atoms with E-state index in [0.29, 0.717) is 0 Å². The zero-order valence-electron chi connectivity index (χ0n) is 15.7. The first-order valence-electron chi connectivity index (χ1n) is 9.48. The van der Waals surface area contributed by atoms with Crippen LogP contribution in [0, 0.1) is 6.92 Å². The van der Waals surface area contributed by atoms with Gasteiger partial charge in [-0.2, -0.15) is 0 Å². The van der Waals surface area contributed by atoms with Crippen LogP contribution in [-0.4, -0.2) is 23.0 Å². The van der Waals surface area contributed by atoms with E-state index in [1.54, 1.807) is 0 Å². The first-order valence-corrected chi connectivity index (χ1v) is 9.48. The Morgan fingerprint density at radius 2 is 1.71 bits per heavy atom. The van der Waals surface area contributed by atoms with Gasteiger partial charge < -0.3 is 4.98 Å². The topological polar surface area (TPSA) is 36.1 Å². The Morgan fingerprint density at radius 3 is 2.29 bits per heavy atom. The minimum atomic E-state index is 0.203. The van der Waals surface area contributed by atoms with Crippen molar-refractivity contribution in [1.29, 1.82) is 0 Å². The SMILES string of the molecule is CCCCN(CCCC)Cc1c(C)[nH]c2c(CC)cccc2c1=O. The molecule has 0 unspecified atom stereocenters. The number of fused-ring (bicyclic) bond motifs is 1. The molecule has 1 aromatic carbocycles. The van der Waals surface area contributed by atoms with E-state index in [-0.39, 0.29) is 5.43 Å². The molecule has 1 N–H and O–H groups in total. The van der Waals surface area contributed by atoms with Gasteiger partial charge in [0.25, 0.3) is 0 Å². The van der Waals surface area contributed by atoms with Crippen molar-refractivity contribution in [2.45, 2.75) is 66.3 Å². The predicted molar refractivity (Wildman–Crippen MR) is 104 cm³/mol. The molecule has 2 aromatic rings. The van der Waals surface area contributed by atoms with Crippen molar-refractivity contribution < 1.29 is 0 Å². The van der Waals surface area contributed by atoms with Crippen LogP contribution in [0.5, 0.6) is 0 Å². The second-order valence-electron chi connectivity index (χ2n) is 6.73. The highest BCUT2D eigenvalue weighted by atomic mass is 16.1. The zero-order chi connectivity index (χ0) is 17.5. The van der Waals surface area contributed by atoms with Crippen LogP contribution in [-0.2, 0) is 13.0 Å². The van der Waals surface area contributed by atoms with E-state index in [2.05, 4.69) is 36.7 Å². The van der Waals surface area contributed by atoms with Gasteiger partial charge in [-0.3, -0.25) is 9.69 Å². The van der Waals surface area contributed by atoms with Crippen molar-refractivity contribution in [3.05, 3.63) is 45.2 Å². The molecule has 0 fully saturated rings. The average molecular weight is 328 g/mol. The van der Waals surface area contributed by atoms with Crippen molar-refractivity contribution in [1.82, 2.24) is 9.88 Å². The largest absolute Gasteiger partial charge is 0.358 e. The van der Waals surface area contributed by atoms with Gasteiger partial charge >= 0.3 is 0 Å². The van der Waals surface area contributed by atoms with Crippen LogP contribution in [0.25, 0.3) is 10.9 Å². The molecule has 0 bridgehead atoms. The van der Waals surface area contributed by atoms with Crippen molar-refractivity contribution in [2.75, 3.05) is 13.1 Å². The molecule has 1 heterocycles. The van der Waals surface area contributed by atoms with Crippen LogP contribution < -0.4 is 5.43 Å². The van der Waals surface area contributed by atoms with Gasteiger partial charge in [-0.05, 0) is 50.9 Å². The summed E-state index contributed by atoms with van der Waals surface area (Å²) in [4.78, 5) is 19.0. The summed E-state index contributed by atoms with van der Waals surface area (Å²) < 4.78 is 0. The molecular weight excluding hydrogens is 296 g/mol. The number of aromatic nitrogens is 1. The van der Waals surface area contributed by atoms with Gasteiger partial charge in [-0.1, -0.05) is 45.7 Å². The number of aryl methyl sites for hydroxylation is 2. The summed E-state index contributed by atoms with van der Waals surface area (Å²) >= 11 is 0. The molecule has 0 saturated heterocycles. The number of nitrogens with one attached hydrogen (secondary N) is 1. The van der Waals surface area contributed by atoms with Crippen molar-refractivity contribution in [3.8, 4) is 0 Å². The van der Waals surface area contributed by atoms with Crippen LogP contribution in [0.1, 0.15) is 63.3 Å². The highest BCUT2D eigenvalue weighted by Crippen LogP contribution is 2.18. The second kappa shape index (κ2) is 9.03. The number of nitrogens with zero attached hydrogens (tertiary/aromatic N) is 1. The first-order chi connectivity index (χ1) is 11.6. The molecule has 0 aliphatic carbocycles. The summed E-state index contributed by atoms with van der Waals surface area (Å²) in [5.74, 6) is 0. The van der Waals surface area contributed by atoms with E-state index in [0.717, 1.165) is 48.2 Å². The fraction of sp³-hybridized carbons (Fsp3) is 0.571. The molecule has 0 saturated carbocycles. The summed E-state index contributed by atoms with van der Waals surface area (Å²) in [6.07, 6.45) is 5.69. The summed E-state index contributed by atoms with van der Waals surface area (Å²) in [5, 5.41) is 0.834. The Labute approximate surface area is 146 Å². The van der Waals surface area contributed by atoms with E-state index in [1.165, 1.54) is 31.2 Å². The molecule has 1 aromatic heterocycles. The van der Waals surface area contributed by atoms with Gasteiger partial charge in [0, 0.05) is 23.2 Å². The minimum Gasteiger partial charge on any atom is -0.358 e. The number of rotatable bonds is 9. The van der Waals surface area contributed by atoms with Crippen molar-refractivity contribution in [2.24, 2.45) is 0 Å². The van der Waals surface area contributed by atoms with Crippen LogP contribution in [0.15, 0.2) is 23.0 Å². The standard InChI is InChI=1S/C21H32N2O/c1-5-8-13-23(14-9-6-2)15-19-16(4)22-20-17(7-3)11-10-12-18(20)21(19)24/h10-12H,5-9,13-15H2,1-4H3,(H,22,24). The molecule has 24 heavy (non-hydrogen) atoms. The Morgan fingerprint density at radius 1 is 1.04 bits per heavy atom. The summed E-state index contributed by atoms with van der Waals surface area (Å²) in [6.45, 7) is 11.5. The van der Waals surface area contributed by atoms with Crippen molar-refractivity contribution in [3.63, 3.8) is 0 Å². The normalized spacial score (nSPS) is 11.5. The molecule has 0 atom stereocenters. The smallest absolute Gasteiger partial charge is 0.194 e. The molecule has 3 heteroatoms. The number of benzene rings is 1. The highest BCUT2D eigenvalue weighted by Gasteiger charge is 2.14. The Bertz CT molecular complexity index is 710. The number of aromatic amines is 1. The van der Waals surface area contributed by atoms with Gasteiger partial charge in [0.1, 0.15) is 0 Å².